The highest BCUT2D eigenvalue weighted by molar-refractivity contribution is 7.81. The Morgan fingerprint density at radius 2 is 1.10 bits per heavy atom. The summed E-state index contributed by atoms with van der Waals surface area (Å²) in [5.41, 5.74) is 1.81. The fourth-order valence-corrected chi connectivity index (χ4v) is 11.7. The van der Waals surface area contributed by atoms with Crippen LogP contribution in [0.25, 0.3) is 0 Å². The fraction of sp³-hybridized carbons (Fsp3) is 0.750. The van der Waals surface area contributed by atoms with Crippen molar-refractivity contribution in [3.63, 3.8) is 0 Å². The van der Waals surface area contributed by atoms with Crippen LogP contribution in [0.1, 0.15) is 105 Å². The number of hydrogen-bond acceptors (Lipinski definition) is 20. The van der Waals surface area contributed by atoms with Gasteiger partial charge >= 0.3 is 21.0 Å². The zero-order valence-corrected chi connectivity index (χ0v) is 42.4. The molecule has 22 heteroatoms. The molecule has 7 saturated heterocycles. The molecule has 0 bridgehead atoms. The van der Waals surface area contributed by atoms with Crippen molar-refractivity contribution in [1.82, 2.24) is 0 Å². The van der Waals surface area contributed by atoms with Gasteiger partial charge in [-0.05, 0) is 87.0 Å². The molecule has 9 fully saturated rings. The van der Waals surface area contributed by atoms with Crippen molar-refractivity contribution >= 4 is 21.0 Å². The first-order chi connectivity index (χ1) is 32.9. The lowest BCUT2D eigenvalue weighted by molar-refractivity contribution is -0.475. The van der Waals surface area contributed by atoms with E-state index in [9.17, 15) is 13.5 Å². The first kappa shape index (κ1) is 53.7. The second-order valence-electron chi connectivity index (χ2n) is 20.6. The van der Waals surface area contributed by atoms with E-state index >= 15 is 0 Å². The Kier molecular flexibility index (Phi) is 16.7. The lowest BCUT2D eigenvalue weighted by Gasteiger charge is -2.42. The molecule has 0 N–H and O–H groups in total. The van der Waals surface area contributed by atoms with E-state index in [1.54, 1.807) is 0 Å². The summed E-state index contributed by atoms with van der Waals surface area (Å²) in [6.45, 7) is 17.1. The molecule has 0 amide bonds. The van der Waals surface area contributed by atoms with Gasteiger partial charge in [0.25, 0.3) is 0 Å². The molecule has 392 valence electrons. The van der Waals surface area contributed by atoms with Gasteiger partial charge in [0, 0.05) is 29.6 Å². The SMILES string of the molecule is CC1(C)OC[C@@H]([C@@H]2CC[C@H]3OC(C)(C)O[C@@H]23)O1.CC1(C)OC[C@@H]([C@@H]2[C@@H](C[C@H]3OC(c4ccccc4)OC[C@@H]3[O-])C[C@H]3OC(C)(C)O[C@@H]23)O1.O=S(=O)=O.O=S1(=O)OC[C@H]2O[C@@H](c3ccccc3)OC[C@@H]2O1. The van der Waals surface area contributed by atoms with Gasteiger partial charge in [-0.2, -0.15) is 8.42 Å². The molecule has 2 aromatic carbocycles. The van der Waals surface area contributed by atoms with Gasteiger partial charge in [-0.15, -0.1) is 12.6 Å². The molecule has 11 rings (SSSR count). The quantitative estimate of drug-likeness (QED) is 0.391. The minimum atomic E-state index is -3.90. The standard InChI is InChI=1S/C24H33O7.C13H22O4.C11H12O6S.O3S/c1-23(2)27-13-19(30-23)20-15(11-18-21(20)31-24(3,4)29-18)10-17-16(25)12-26-22(28-17)14-8-6-5-7-9-14;1-12(2)14-7-10(16-12)8-5-6-9-11(8)17-13(3,4)15-9;12-18(13)15-7-9-10(17-18)6-14-11(16-9)8-4-2-1-3-5-8;1-4(2)3/h5-9,15-22H,10-13H2,1-4H3;8-11H,5-7H2,1-4H3;1-5,9-11H,6-7H2;/q-1;;;/t15-,16-,17+,18+,19-,20-,21+,22?;8-,9+,10-,11-;9-,10+,11+;/m001./s1. The Hall–Kier alpha value is -2.59. The maximum Gasteiger partial charge on any atom is 0.425 e. The van der Waals surface area contributed by atoms with Crippen LogP contribution in [-0.2, 0) is 86.2 Å². The second-order valence-corrected chi connectivity index (χ2v) is 22.3. The molecule has 2 saturated carbocycles. The molecule has 1 unspecified atom stereocenters. The summed E-state index contributed by atoms with van der Waals surface area (Å²) >= 11 is 0. The third-order valence-electron chi connectivity index (χ3n) is 13.6. The van der Waals surface area contributed by atoms with Crippen LogP contribution in [0.15, 0.2) is 60.7 Å². The van der Waals surface area contributed by atoms with Gasteiger partial charge in [0.15, 0.2) is 35.7 Å². The van der Waals surface area contributed by atoms with E-state index in [1.165, 1.54) is 0 Å². The molecule has 9 aliphatic rings. The van der Waals surface area contributed by atoms with E-state index in [-0.39, 0.29) is 68.3 Å². The van der Waals surface area contributed by atoms with Crippen molar-refractivity contribution in [2.45, 2.75) is 178 Å². The van der Waals surface area contributed by atoms with Crippen LogP contribution in [0.4, 0.5) is 0 Å². The van der Waals surface area contributed by atoms with Gasteiger partial charge in [-0.3, -0.25) is 0 Å². The Morgan fingerprint density at radius 1 is 0.571 bits per heavy atom. The Bertz CT molecular complexity index is 2260. The zero-order chi connectivity index (χ0) is 50.2. The van der Waals surface area contributed by atoms with Crippen LogP contribution in [0, 0.1) is 17.8 Å². The summed E-state index contributed by atoms with van der Waals surface area (Å²) in [6.07, 6.45) is 0.566. The second kappa shape index (κ2) is 21.7. The smallest absolute Gasteiger partial charge is 0.425 e. The van der Waals surface area contributed by atoms with E-state index in [0.29, 0.717) is 25.6 Å². The minimum absolute atomic E-state index is 0.00725. The molecule has 2 aromatic rings. The van der Waals surface area contributed by atoms with Crippen molar-refractivity contribution in [3.8, 4) is 0 Å². The fourth-order valence-electron chi connectivity index (χ4n) is 10.9. The van der Waals surface area contributed by atoms with Crippen LogP contribution in [0.3, 0.4) is 0 Å². The van der Waals surface area contributed by atoms with E-state index in [0.717, 1.165) is 30.4 Å². The normalized spacial score (nSPS) is 40.2. The third-order valence-corrected chi connectivity index (χ3v) is 14.5. The molecule has 20 nitrogen and oxygen atoms in total. The van der Waals surface area contributed by atoms with Crippen molar-refractivity contribution in [2.75, 3.05) is 33.0 Å². The number of ether oxygens (including phenoxy) is 12. The molecule has 0 spiro atoms. The van der Waals surface area contributed by atoms with Gasteiger partial charge < -0.3 is 61.9 Å². The van der Waals surface area contributed by atoms with E-state index < -0.39 is 81.2 Å². The monoisotopic (exact) mass is 1030 g/mol. The Labute approximate surface area is 411 Å². The van der Waals surface area contributed by atoms with Crippen LogP contribution in [0.2, 0.25) is 0 Å². The van der Waals surface area contributed by atoms with E-state index in [1.807, 2.05) is 116 Å². The van der Waals surface area contributed by atoms with Crippen molar-refractivity contribution in [2.24, 2.45) is 17.8 Å². The predicted molar refractivity (Wildman–Crippen MR) is 240 cm³/mol. The van der Waals surface area contributed by atoms with E-state index in [2.05, 4.69) is 4.18 Å². The van der Waals surface area contributed by atoms with Gasteiger partial charge in [-0.1, -0.05) is 66.8 Å². The highest BCUT2D eigenvalue weighted by Crippen LogP contribution is 2.51. The highest BCUT2D eigenvalue weighted by atomic mass is 32.3. The van der Waals surface area contributed by atoms with Crippen LogP contribution in [0.5, 0.6) is 0 Å². The molecule has 7 aliphatic heterocycles. The summed E-state index contributed by atoms with van der Waals surface area (Å²) in [5, 5.41) is 12.8. The Balaban J connectivity index is 0.000000144. The average molecular weight is 1030 g/mol. The lowest BCUT2D eigenvalue weighted by atomic mass is 9.84. The molecule has 70 heavy (non-hydrogen) atoms. The molecule has 15 atom stereocenters. The molecule has 0 radical (unpaired) electrons. The van der Waals surface area contributed by atoms with Crippen LogP contribution < -0.4 is 5.11 Å². The van der Waals surface area contributed by atoms with Crippen LogP contribution >= 0.6 is 0 Å². The molecule has 2 aliphatic carbocycles. The van der Waals surface area contributed by atoms with Crippen LogP contribution in [-0.4, -0.2) is 138 Å². The first-order valence-electron chi connectivity index (χ1n) is 23.9. The topological polar surface area (TPSA) is 238 Å². The average Bonchev–Trinajstić information content (AvgIpc) is 4.13. The lowest BCUT2D eigenvalue weighted by Crippen LogP contribution is -2.50. The largest absolute Gasteiger partial charge is 0.848 e. The van der Waals surface area contributed by atoms with Crippen molar-refractivity contribution in [1.29, 1.82) is 0 Å². The maximum absolute atomic E-state index is 12.8. The minimum Gasteiger partial charge on any atom is -0.848 e. The van der Waals surface area contributed by atoms with E-state index in [4.69, 9.17) is 73.7 Å². The number of hydrogen-bond donors (Lipinski definition) is 0. The van der Waals surface area contributed by atoms with Crippen molar-refractivity contribution < 1.29 is 91.4 Å². The predicted octanol–water partition coefficient (Wildman–Crippen LogP) is 4.35. The summed E-state index contributed by atoms with van der Waals surface area (Å²) in [7, 11) is -7.01. The molecular formula is C48H67O20S2-. The van der Waals surface area contributed by atoms with Gasteiger partial charge in [-0.25, -0.2) is 8.37 Å². The van der Waals surface area contributed by atoms with Gasteiger partial charge in [0.05, 0.1) is 69.2 Å². The summed E-state index contributed by atoms with van der Waals surface area (Å²) in [4.78, 5) is 0. The Morgan fingerprint density at radius 3 is 1.69 bits per heavy atom. The highest BCUT2D eigenvalue weighted by Gasteiger charge is 2.58. The van der Waals surface area contributed by atoms with Crippen molar-refractivity contribution in [3.05, 3.63) is 71.8 Å². The number of rotatable bonds is 6. The maximum atomic E-state index is 12.8. The molecule has 7 heterocycles. The van der Waals surface area contributed by atoms with Gasteiger partial charge in [0.1, 0.15) is 12.2 Å². The summed E-state index contributed by atoms with van der Waals surface area (Å²) < 4.78 is 128. The summed E-state index contributed by atoms with van der Waals surface area (Å²) in [5.74, 6) is -1.43. The number of fused-ring (bicyclic) bond motifs is 3. The third kappa shape index (κ3) is 13.6. The summed E-state index contributed by atoms with van der Waals surface area (Å²) in [6, 6.07) is 19.2. The first-order valence-corrected chi connectivity index (χ1v) is 26.3. The number of benzene rings is 2. The zero-order valence-electron chi connectivity index (χ0n) is 40.8. The molecule has 0 aromatic heterocycles. The van der Waals surface area contributed by atoms with Gasteiger partial charge in [0.2, 0.25) is 0 Å². The molecular weight excluding hydrogens is 961 g/mol.